The largest absolute Gasteiger partial charge is 0.493 e. The summed E-state index contributed by atoms with van der Waals surface area (Å²) in [6, 6.07) is 11.7. The van der Waals surface area contributed by atoms with Gasteiger partial charge in [-0.05, 0) is 94.6 Å². The lowest BCUT2D eigenvalue weighted by Crippen LogP contribution is -2.05. The second-order valence-corrected chi connectivity index (χ2v) is 8.82. The Morgan fingerprint density at radius 2 is 1.88 bits per heavy atom. The quantitative estimate of drug-likeness (QED) is 0.223. The first-order valence-corrected chi connectivity index (χ1v) is 11.8. The van der Waals surface area contributed by atoms with Gasteiger partial charge in [-0.1, -0.05) is 36.7 Å². The molecule has 33 heavy (non-hydrogen) atoms. The Bertz CT molecular complexity index is 880. The molecule has 0 aromatic heterocycles. The van der Waals surface area contributed by atoms with Gasteiger partial charge < -0.3 is 19.2 Å². The van der Waals surface area contributed by atoms with Crippen molar-refractivity contribution in [3.8, 4) is 5.75 Å². The van der Waals surface area contributed by atoms with E-state index in [0.29, 0.717) is 29.5 Å². The summed E-state index contributed by atoms with van der Waals surface area (Å²) < 4.78 is 10.6. The summed E-state index contributed by atoms with van der Waals surface area (Å²) >= 11 is 6.30. The van der Waals surface area contributed by atoms with Crippen LogP contribution in [0.4, 0.5) is 0 Å². The highest BCUT2D eigenvalue weighted by Crippen LogP contribution is 2.31. The predicted molar refractivity (Wildman–Crippen MR) is 136 cm³/mol. The first-order chi connectivity index (χ1) is 15.7. The van der Waals surface area contributed by atoms with Crippen molar-refractivity contribution in [2.45, 2.75) is 51.9 Å². The van der Waals surface area contributed by atoms with Crippen molar-refractivity contribution in [1.82, 2.24) is 4.90 Å². The van der Waals surface area contributed by atoms with Crippen molar-refractivity contribution < 1.29 is 19.1 Å². The highest BCUT2D eigenvalue weighted by atomic mass is 35.5. The molecule has 0 bridgehead atoms. The number of ether oxygens (including phenoxy) is 2. The molecular formula is C27H38ClNO4. The maximum absolute atomic E-state index is 11.7. The van der Waals surface area contributed by atoms with E-state index in [0.717, 1.165) is 48.8 Å². The Labute approximate surface area is 204 Å². The van der Waals surface area contributed by atoms with Gasteiger partial charge in [0, 0.05) is 6.42 Å². The van der Waals surface area contributed by atoms with E-state index < -0.39 is 5.97 Å². The molecule has 0 aliphatic rings. The minimum atomic E-state index is -0.421. The Morgan fingerprint density at radius 3 is 2.45 bits per heavy atom. The first-order valence-electron chi connectivity index (χ1n) is 11.4. The summed E-state index contributed by atoms with van der Waals surface area (Å²) in [4.78, 5) is 24.2. The van der Waals surface area contributed by atoms with Gasteiger partial charge >= 0.3 is 5.97 Å². The minimum Gasteiger partial charge on any atom is -0.493 e. The zero-order valence-corrected chi connectivity index (χ0v) is 21.6. The molecule has 5 nitrogen and oxygen atoms in total. The van der Waals surface area contributed by atoms with Crippen LogP contribution in [0.25, 0.3) is 0 Å². The molecule has 2 aromatic carbocycles. The number of carbonyl (C=O) groups is 2. The third kappa shape index (κ3) is 9.97. The van der Waals surface area contributed by atoms with E-state index in [1.54, 1.807) is 6.07 Å². The Kier molecular flexibility index (Phi) is 13.4. The number of hydrogen-bond donors (Lipinski definition) is 0. The molecule has 0 saturated heterocycles. The van der Waals surface area contributed by atoms with Crippen molar-refractivity contribution in [2.75, 3.05) is 34.9 Å². The molecule has 0 aliphatic carbocycles. The molecule has 1 atom stereocenters. The summed E-state index contributed by atoms with van der Waals surface area (Å²) in [5.41, 5.74) is 3.92. The number of rotatable bonds is 11. The van der Waals surface area contributed by atoms with E-state index >= 15 is 0 Å². The molecule has 182 valence electrons. The van der Waals surface area contributed by atoms with Crippen molar-refractivity contribution >= 4 is 23.9 Å². The van der Waals surface area contributed by atoms with Crippen molar-refractivity contribution in [1.29, 1.82) is 0 Å². The van der Waals surface area contributed by atoms with Gasteiger partial charge in [0.15, 0.2) is 0 Å². The number of unbranched alkanes of at least 4 members (excludes halogenated alkanes) is 1. The lowest BCUT2D eigenvalue weighted by Gasteiger charge is -2.18. The molecule has 0 amide bonds. The summed E-state index contributed by atoms with van der Waals surface area (Å²) in [6.45, 7) is 4.78. The average molecular weight is 476 g/mol. The van der Waals surface area contributed by atoms with Gasteiger partial charge in [-0.25, -0.2) is 4.79 Å². The highest BCUT2D eigenvalue weighted by molar-refractivity contribution is 6.33. The number of halogens is 1. The van der Waals surface area contributed by atoms with Crippen molar-refractivity contribution in [3.63, 3.8) is 0 Å². The predicted octanol–water partition coefficient (Wildman–Crippen LogP) is 6.10. The number of esters is 1. The molecule has 0 fully saturated rings. The lowest BCUT2D eigenvalue weighted by molar-refractivity contribution is -0.108. The molecule has 0 saturated carbocycles. The van der Waals surface area contributed by atoms with Crippen LogP contribution in [-0.2, 0) is 16.0 Å². The molecule has 0 N–H and O–H groups in total. The summed E-state index contributed by atoms with van der Waals surface area (Å²) in [5.74, 6) is 0.804. The maximum Gasteiger partial charge on any atom is 0.339 e. The minimum absolute atomic E-state index is 0.343. The van der Waals surface area contributed by atoms with Crippen LogP contribution in [0.2, 0.25) is 5.02 Å². The van der Waals surface area contributed by atoms with Gasteiger partial charge in [0.2, 0.25) is 0 Å². The SMILES string of the molecule is CCC(CCc1cccc(OCCCC=O)c1C)c1ccc(C(=O)OC)c(Cl)c1.CN(C)C. The molecule has 0 aliphatic heterocycles. The maximum atomic E-state index is 11.7. The monoisotopic (exact) mass is 475 g/mol. The number of aldehydes is 1. The number of aryl methyl sites for hydroxylation is 1. The van der Waals surface area contributed by atoms with Crippen LogP contribution in [0.1, 0.15) is 65.6 Å². The fraction of sp³-hybridized carbons (Fsp3) is 0.481. The highest BCUT2D eigenvalue weighted by Gasteiger charge is 2.16. The third-order valence-corrected chi connectivity index (χ3v) is 5.56. The molecule has 0 spiro atoms. The number of carbonyl (C=O) groups excluding carboxylic acids is 2. The smallest absolute Gasteiger partial charge is 0.339 e. The van der Waals surface area contributed by atoms with Gasteiger partial charge in [0.25, 0.3) is 0 Å². The lowest BCUT2D eigenvalue weighted by atomic mass is 9.89. The van der Waals surface area contributed by atoms with E-state index in [1.165, 1.54) is 12.7 Å². The summed E-state index contributed by atoms with van der Waals surface area (Å²) in [5, 5.41) is 0.426. The Morgan fingerprint density at radius 1 is 1.18 bits per heavy atom. The molecule has 2 rings (SSSR count). The van der Waals surface area contributed by atoms with Crippen molar-refractivity contribution in [2.24, 2.45) is 0 Å². The number of hydrogen-bond acceptors (Lipinski definition) is 5. The fourth-order valence-electron chi connectivity index (χ4n) is 3.43. The second-order valence-electron chi connectivity index (χ2n) is 8.41. The standard InChI is InChI=1S/C24H29ClO4.C3H9N/c1-4-18(20-12-13-21(22(25)16-20)24(27)28-3)10-11-19-8-7-9-23(17(19)2)29-15-6-5-14-26;1-4(2)3/h7-9,12-14,16,18H,4-6,10-11,15H2,1-3H3;1-3H3. The van der Waals surface area contributed by atoms with E-state index in [9.17, 15) is 9.59 Å². The van der Waals surface area contributed by atoms with Crippen molar-refractivity contribution in [3.05, 3.63) is 63.7 Å². The Hall–Kier alpha value is -2.37. The van der Waals surface area contributed by atoms with Gasteiger partial charge in [-0.3, -0.25) is 0 Å². The normalized spacial score (nSPS) is 11.4. The zero-order chi connectivity index (χ0) is 24.8. The first kappa shape index (κ1) is 28.7. The topological polar surface area (TPSA) is 55.8 Å². The van der Waals surface area contributed by atoms with Crippen LogP contribution in [0.3, 0.4) is 0 Å². The summed E-state index contributed by atoms with van der Waals surface area (Å²) in [7, 11) is 7.35. The molecule has 1 unspecified atom stereocenters. The van der Waals surface area contributed by atoms with E-state index in [1.807, 2.05) is 50.3 Å². The van der Waals surface area contributed by atoms with Gasteiger partial charge in [-0.15, -0.1) is 0 Å². The van der Waals surface area contributed by atoms with E-state index in [-0.39, 0.29) is 0 Å². The van der Waals surface area contributed by atoms with Gasteiger partial charge in [0.1, 0.15) is 12.0 Å². The van der Waals surface area contributed by atoms with E-state index in [2.05, 4.69) is 19.9 Å². The fourth-order valence-corrected chi connectivity index (χ4v) is 3.70. The number of nitrogens with zero attached hydrogens (tertiary/aromatic N) is 1. The number of benzene rings is 2. The van der Waals surface area contributed by atoms with Crippen LogP contribution >= 0.6 is 11.6 Å². The van der Waals surface area contributed by atoms with Crippen LogP contribution in [0.15, 0.2) is 36.4 Å². The van der Waals surface area contributed by atoms with Gasteiger partial charge in [-0.2, -0.15) is 0 Å². The van der Waals surface area contributed by atoms with Crippen LogP contribution in [0.5, 0.6) is 5.75 Å². The van der Waals surface area contributed by atoms with Gasteiger partial charge in [0.05, 0.1) is 24.3 Å². The molecule has 6 heteroatoms. The molecule has 0 heterocycles. The molecular weight excluding hydrogens is 438 g/mol. The summed E-state index contributed by atoms with van der Waals surface area (Å²) in [6.07, 6.45) is 5.05. The second kappa shape index (κ2) is 15.5. The molecule has 2 aromatic rings. The van der Waals surface area contributed by atoms with E-state index in [4.69, 9.17) is 21.1 Å². The number of methoxy groups -OCH3 is 1. The Balaban J connectivity index is 0.00000125. The van der Waals surface area contributed by atoms with Crippen LogP contribution in [-0.4, -0.2) is 52.0 Å². The average Bonchev–Trinajstić information content (AvgIpc) is 2.78. The van der Waals surface area contributed by atoms with Crippen LogP contribution < -0.4 is 4.74 Å². The zero-order valence-electron chi connectivity index (χ0n) is 20.8. The molecule has 0 radical (unpaired) electrons. The van der Waals surface area contributed by atoms with Crippen LogP contribution in [0, 0.1) is 6.92 Å². The third-order valence-electron chi connectivity index (χ3n) is 5.24.